The number of para-hydroxylation sites is 1. The first-order chi connectivity index (χ1) is 7.26. The summed E-state index contributed by atoms with van der Waals surface area (Å²) >= 11 is 0. The monoisotopic (exact) mass is 205 g/mol. The Morgan fingerprint density at radius 3 is 3.00 bits per heavy atom. The summed E-state index contributed by atoms with van der Waals surface area (Å²) in [5, 5.41) is 12.1. The van der Waals surface area contributed by atoms with Crippen LogP contribution in [0.3, 0.4) is 0 Å². The smallest absolute Gasteiger partial charge is 0.225 e. The third-order valence-corrected chi connectivity index (χ3v) is 2.92. The summed E-state index contributed by atoms with van der Waals surface area (Å²) < 4.78 is 0. The van der Waals surface area contributed by atoms with Gasteiger partial charge in [-0.3, -0.25) is 4.79 Å². The van der Waals surface area contributed by atoms with Crippen molar-refractivity contribution in [2.45, 2.75) is 25.7 Å². The standard InChI is InChI=1S/C12H15NO2/c1-2-8-4-3-5-10-9(7-14)6-11(15)13-12(8)10/h3-5,9,14H,2,6-7H2,1H3,(H,13,15). The molecule has 1 aliphatic heterocycles. The Bertz CT molecular complexity index is 387. The second-order valence-electron chi connectivity index (χ2n) is 3.87. The fourth-order valence-corrected chi connectivity index (χ4v) is 2.09. The van der Waals surface area contributed by atoms with E-state index in [4.69, 9.17) is 0 Å². The minimum absolute atomic E-state index is 0.00227. The van der Waals surface area contributed by atoms with E-state index in [0.29, 0.717) is 6.42 Å². The van der Waals surface area contributed by atoms with E-state index in [0.717, 1.165) is 23.2 Å². The molecule has 0 radical (unpaired) electrons. The third-order valence-electron chi connectivity index (χ3n) is 2.92. The number of aliphatic hydroxyl groups is 1. The van der Waals surface area contributed by atoms with E-state index < -0.39 is 0 Å². The van der Waals surface area contributed by atoms with Crippen molar-refractivity contribution in [3.63, 3.8) is 0 Å². The molecule has 2 rings (SSSR count). The van der Waals surface area contributed by atoms with Crippen molar-refractivity contribution >= 4 is 11.6 Å². The Hall–Kier alpha value is -1.35. The van der Waals surface area contributed by atoms with Crippen LogP contribution in [0.4, 0.5) is 5.69 Å². The van der Waals surface area contributed by atoms with E-state index in [2.05, 4.69) is 12.2 Å². The van der Waals surface area contributed by atoms with Gasteiger partial charge in [0.2, 0.25) is 5.91 Å². The lowest BCUT2D eigenvalue weighted by Crippen LogP contribution is -2.25. The molecule has 15 heavy (non-hydrogen) atoms. The maximum Gasteiger partial charge on any atom is 0.225 e. The van der Waals surface area contributed by atoms with Crippen LogP contribution in [0.2, 0.25) is 0 Å². The molecule has 0 aromatic heterocycles. The number of hydrogen-bond acceptors (Lipinski definition) is 2. The van der Waals surface area contributed by atoms with Crippen LogP contribution < -0.4 is 5.32 Å². The van der Waals surface area contributed by atoms with E-state index in [9.17, 15) is 9.90 Å². The zero-order valence-corrected chi connectivity index (χ0v) is 8.79. The zero-order valence-electron chi connectivity index (χ0n) is 8.79. The van der Waals surface area contributed by atoms with Crippen LogP contribution in [-0.4, -0.2) is 17.6 Å². The molecule has 0 saturated carbocycles. The number of carbonyl (C=O) groups excluding carboxylic acids is 1. The lowest BCUT2D eigenvalue weighted by Gasteiger charge is -2.25. The van der Waals surface area contributed by atoms with Gasteiger partial charge >= 0.3 is 0 Å². The number of aryl methyl sites for hydroxylation is 1. The number of benzene rings is 1. The maximum atomic E-state index is 11.4. The van der Waals surface area contributed by atoms with Gasteiger partial charge in [0.25, 0.3) is 0 Å². The predicted molar refractivity (Wildman–Crippen MR) is 58.9 cm³/mol. The molecule has 3 heteroatoms. The molecule has 0 bridgehead atoms. The average molecular weight is 205 g/mol. The van der Waals surface area contributed by atoms with Gasteiger partial charge in [0.05, 0.1) is 6.61 Å². The molecule has 1 unspecified atom stereocenters. The van der Waals surface area contributed by atoms with Crippen LogP contribution >= 0.6 is 0 Å². The molecule has 0 spiro atoms. The molecule has 1 aliphatic rings. The minimum atomic E-state index is -0.0414. The second kappa shape index (κ2) is 4.03. The van der Waals surface area contributed by atoms with Crippen molar-refractivity contribution < 1.29 is 9.90 Å². The van der Waals surface area contributed by atoms with Crippen LogP contribution in [0.25, 0.3) is 0 Å². The molecule has 1 aromatic rings. The van der Waals surface area contributed by atoms with Crippen LogP contribution in [0.15, 0.2) is 18.2 Å². The van der Waals surface area contributed by atoms with E-state index >= 15 is 0 Å². The predicted octanol–water partition coefficient (Wildman–Crippen LogP) is 1.67. The third kappa shape index (κ3) is 1.75. The normalized spacial score (nSPS) is 19.6. The number of amides is 1. The molecule has 2 N–H and O–H groups in total. The lowest BCUT2D eigenvalue weighted by molar-refractivity contribution is -0.117. The van der Waals surface area contributed by atoms with Gasteiger partial charge in [0.15, 0.2) is 0 Å². The van der Waals surface area contributed by atoms with Crippen molar-refractivity contribution in [2.75, 3.05) is 11.9 Å². The van der Waals surface area contributed by atoms with Gasteiger partial charge in [-0.1, -0.05) is 25.1 Å². The molecule has 0 fully saturated rings. The Morgan fingerprint density at radius 2 is 2.33 bits per heavy atom. The number of aliphatic hydroxyl groups excluding tert-OH is 1. The Balaban J connectivity index is 2.49. The number of fused-ring (bicyclic) bond motifs is 1. The molecular formula is C12H15NO2. The lowest BCUT2D eigenvalue weighted by atomic mass is 9.89. The van der Waals surface area contributed by atoms with Gasteiger partial charge in [-0.05, 0) is 17.5 Å². The topological polar surface area (TPSA) is 49.3 Å². The second-order valence-corrected chi connectivity index (χ2v) is 3.87. The van der Waals surface area contributed by atoms with Crippen molar-refractivity contribution in [3.05, 3.63) is 29.3 Å². The zero-order chi connectivity index (χ0) is 10.8. The van der Waals surface area contributed by atoms with E-state index in [1.165, 1.54) is 0 Å². The van der Waals surface area contributed by atoms with Crippen molar-refractivity contribution in [1.82, 2.24) is 0 Å². The summed E-state index contributed by atoms with van der Waals surface area (Å²) in [5.41, 5.74) is 3.12. The van der Waals surface area contributed by atoms with Gasteiger partial charge in [0, 0.05) is 18.0 Å². The van der Waals surface area contributed by atoms with Crippen LogP contribution in [-0.2, 0) is 11.2 Å². The molecule has 80 valence electrons. The Kier molecular flexibility index (Phi) is 2.73. The molecule has 1 aromatic carbocycles. The highest BCUT2D eigenvalue weighted by atomic mass is 16.3. The fourth-order valence-electron chi connectivity index (χ4n) is 2.09. The molecule has 1 heterocycles. The van der Waals surface area contributed by atoms with Crippen LogP contribution in [0, 0.1) is 0 Å². The van der Waals surface area contributed by atoms with Gasteiger partial charge in [-0.25, -0.2) is 0 Å². The number of nitrogens with one attached hydrogen (secondary N) is 1. The SMILES string of the molecule is CCc1cccc2c1NC(=O)CC2CO. The molecule has 1 amide bonds. The highest BCUT2D eigenvalue weighted by molar-refractivity contribution is 5.95. The summed E-state index contributed by atoms with van der Waals surface area (Å²) in [6.07, 6.45) is 1.28. The van der Waals surface area contributed by atoms with E-state index in [-0.39, 0.29) is 18.4 Å². The highest BCUT2D eigenvalue weighted by Crippen LogP contribution is 2.34. The van der Waals surface area contributed by atoms with Gasteiger partial charge in [-0.15, -0.1) is 0 Å². The van der Waals surface area contributed by atoms with Crippen molar-refractivity contribution in [2.24, 2.45) is 0 Å². The number of rotatable bonds is 2. The maximum absolute atomic E-state index is 11.4. The Labute approximate surface area is 89.1 Å². The largest absolute Gasteiger partial charge is 0.396 e. The molecule has 0 saturated heterocycles. The van der Waals surface area contributed by atoms with Crippen molar-refractivity contribution in [3.8, 4) is 0 Å². The van der Waals surface area contributed by atoms with E-state index in [1.54, 1.807) is 0 Å². The first-order valence-corrected chi connectivity index (χ1v) is 5.28. The number of hydrogen-bond donors (Lipinski definition) is 2. The summed E-state index contributed by atoms with van der Waals surface area (Å²) in [6, 6.07) is 5.98. The quantitative estimate of drug-likeness (QED) is 0.771. The highest BCUT2D eigenvalue weighted by Gasteiger charge is 2.25. The summed E-state index contributed by atoms with van der Waals surface area (Å²) in [7, 11) is 0. The first kappa shape index (κ1) is 10.2. The number of anilines is 1. The summed E-state index contributed by atoms with van der Waals surface area (Å²) in [4.78, 5) is 11.4. The van der Waals surface area contributed by atoms with Gasteiger partial charge in [0.1, 0.15) is 0 Å². The summed E-state index contributed by atoms with van der Waals surface area (Å²) in [6.45, 7) is 2.10. The van der Waals surface area contributed by atoms with Gasteiger partial charge < -0.3 is 10.4 Å². The molecule has 3 nitrogen and oxygen atoms in total. The van der Waals surface area contributed by atoms with E-state index in [1.807, 2.05) is 18.2 Å². The number of carbonyl (C=O) groups is 1. The Morgan fingerprint density at radius 1 is 1.53 bits per heavy atom. The average Bonchev–Trinajstić information content (AvgIpc) is 2.27. The molecule has 0 aliphatic carbocycles. The molecule has 1 atom stereocenters. The van der Waals surface area contributed by atoms with Gasteiger partial charge in [-0.2, -0.15) is 0 Å². The fraction of sp³-hybridized carbons (Fsp3) is 0.417. The first-order valence-electron chi connectivity index (χ1n) is 5.28. The summed E-state index contributed by atoms with van der Waals surface area (Å²) in [5.74, 6) is -0.0392. The van der Waals surface area contributed by atoms with Crippen LogP contribution in [0.1, 0.15) is 30.4 Å². The minimum Gasteiger partial charge on any atom is -0.396 e. The molecular weight excluding hydrogens is 190 g/mol. The van der Waals surface area contributed by atoms with Crippen molar-refractivity contribution in [1.29, 1.82) is 0 Å². The van der Waals surface area contributed by atoms with Crippen LogP contribution in [0.5, 0.6) is 0 Å².